The molecule has 0 saturated heterocycles. The number of amides is 1. The number of carbonyl (C=O) groups is 1. The highest BCUT2D eigenvalue weighted by molar-refractivity contribution is 5.81. The monoisotopic (exact) mass is 358 g/mol. The highest BCUT2D eigenvalue weighted by atomic mass is 19.1. The number of likely N-dealkylation sites (N-methyl/N-ethyl adjacent to an activating group) is 1. The molecule has 140 valence electrons. The molecule has 1 unspecified atom stereocenters. The fourth-order valence-corrected chi connectivity index (χ4v) is 2.55. The zero-order chi connectivity index (χ0) is 19.1. The first-order valence-electron chi connectivity index (χ1n) is 8.77. The molecule has 2 aromatic rings. The molecule has 2 rings (SSSR count). The van der Waals surface area contributed by atoms with Crippen molar-refractivity contribution in [2.24, 2.45) is 0 Å². The summed E-state index contributed by atoms with van der Waals surface area (Å²) in [5.74, 6) is 0.188. The molecule has 1 amide bonds. The van der Waals surface area contributed by atoms with E-state index in [2.05, 4.69) is 0 Å². The average Bonchev–Trinajstić information content (AvgIpc) is 2.61. The van der Waals surface area contributed by atoms with E-state index in [0.29, 0.717) is 24.4 Å². The maximum Gasteiger partial charge on any atom is 0.263 e. The Hall–Kier alpha value is -2.40. The van der Waals surface area contributed by atoms with Gasteiger partial charge in [-0.2, -0.15) is 0 Å². The minimum absolute atomic E-state index is 0.157. The summed E-state index contributed by atoms with van der Waals surface area (Å²) in [4.78, 5) is 16.5. The Bertz CT molecular complexity index is 716. The largest absolute Gasteiger partial charge is 0.481 e. The molecular formula is C21H27FN2O2. The van der Waals surface area contributed by atoms with Crippen molar-refractivity contribution >= 4 is 5.91 Å². The van der Waals surface area contributed by atoms with Crippen LogP contribution in [0.2, 0.25) is 0 Å². The summed E-state index contributed by atoms with van der Waals surface area (Å²) in [6, 6.07) is 14.1. The van der Waals surface area contributed by atoms with Crippen LogP contribution in [0.5, 0.6) is 5.75 Å². The van der Waals surface area contributed by atoms with Gasteiger partial charge in [0.1, 0.15) is 11.6 Å². The summed E-state index contributed by atoms with van der Waals surface area (Å²) >= 11 is 0. The second kappa shape index (κ2) is 9.34. The number of nitrogens with zero attached hydrogens (tertiary/aromatic N) is 2. The van der Waals surface area contributed by atoms with E-state index in [0.717, 1.165) is 5.56 Å². The van der Waals surface area contributed by atoms with Gasteiger partial charge in [0.2, 0.25) is 0 Å². The van der Waals surface area contributed by atoms with Gasteiger partial charge in [0, 0.05) is 25.2 Å². The van der Waals surface area contributed by atoms with Crippen LogP contribution in [-0.4, -0.2) is 49.0 Å². The minimum atomic E-state index is -0.647. The lowest BCUT2D eigenvalue weighted by molar-refractivity contribution is -0.138. The van der Waals surface area contributed by atoms with E-state index in [9.17, 15) is 9.18 Å². The van der Waals surface area contributed by atoms with Crippen LogP contribution in [0, 0.1) is 12.7 Å². The molecule has 0 aliphatic carbocycles. The van der Waals surface area contributed by atoms with Crippen LogP contribution in [0.25, 0.3) is 0 Å². The van der Waals surface area contributed by atoms with E-state index in [1.165, 1.54) is 6.07 Å². The van der Waals surface area contributed by atoms with E-state index in [1.54, 1.807) is 30.0 Å². The summed E-state index contributed by atoms with van der Waals surface area (Å²) < 4.78 is 19.8. The van der Waals surface area contributed by atoms with Crippen LogP contribution < -0.4 is 4.74 Å². The van der Waals surface area contributed by atoms with Crippen LogP contribution in [0.15, 0.2) is 48.5 Å². The number of hydrogen-bond donors (Lipinski definition) is 0. The predicted octanol–water partition coefficient (Wildman–Crippen LogP) is 3.49. The van der Waals surface area contributed by atoms with Crippen molar-refractivity contribution in [3.8, 4) is 5.75 Å². The fraction of sp³-hybridized carbons (Fsp3) is 0.381. The number of aryl methyl sites for hydroxylation is 1. The van der Waals surface area contributed by atoms with Gasteiger partial charge in [0.15, 0.2) is 6.10 Å². The summed E-state index contributed by atoms with van der Waals surface area (Å²) in [6.07, 6.45) is -0.647. The topological polar surface area (TPSA) is 32.8 Å². The summed E-state index contributed by atoms with van der Waals surface area (Å²) in [5.41, 5.74) is 1.63. The lowest BCUT2D eigenvalue weighted by atomic mass is 10.2. The van der Waals surface area contributed by atoms with Crippen molar-refractivity contribution in [2.75, 3.05) is 27.2 Å². The first-order chi connectivity index (χ1) is 12.4. The van der Waals surface area contributed by atoms with Gasteiger partial charge in [0.05, 0.1) is 0 Å². The zero-order valence-electron chi connectivity index (χ0n) is 15.9. The Labute approximate surface area is 155 Å². The summed E-state index contributed by atoms with van der Waals surface area (Å²) in [6.45, 7) is 5.14. The van der Waals surface area contributed by atoms with Gasteiger partial charge in [0.25, 0.3) is 5.91 Å². The minimum Gasteiger partial charge on any atom is -0.481 e. The number of ether oxygens (including phenoxy) is 1. The van der Waals surface area contributed by atoms with Crippen LogP contribution >= 0.6 is 0 Å². The lowest BCUT2D eigenvalue weighted by Gasteiger charge is -2.27. The smallest absolute Gasteiger partial charge is 0.263 e. The van der Waals surface area contributed by atoms with E-state index >= 15 is 0 Å². The highest BCUT2D eigenvalue weighted by Gasteiger charge is 2.23. The van der Waals surface area contributed by atoms with E-state index < -0.39 is 6.10 Å². The third kappa shape index (κ3) is 5.85. The molecule has 0 aliphatic rings. The van der Waals surface area contributed by atoms with Gasteiger partial charge in [-0.1, -0.05) is 35.9 Å². The second-order valence-electron chi connectivity index (χ2n) is 6.73. The normalized spacial score (nSPS) is 12.1. The Morgan fingerprint density at radius 2 is 1.73 bits per heavy atom. The van der Waals surface area contributed by atoms with Crippen molar-refractivity contribution in [2.45, 2.75) is 26.5 Å². The van der Waals surface area contributed by atoms with E-state index in [-0.39, 0.29) is 18.3 Å². The average molecular weight is 358 g/mol. The number of halogens is 1. The molecule has 0 saturated carbocycles. The molecule has 0 N–H and O–H groups in total. The molecule has 26 heavy (non-hydrogen) atoms. The number of hydrogen-bond acceptors (Lipinski definition) is 3. The second-order valence-corrected chi connectivity index (χ2v) is 6.73. The van der Waals surface area contributed by atoms with Gasteiger partial charge in [-0.25, -0.2) is 4.39 Å². The van der Waals surface area contributed by atoms with E-state index in [4.69, 9.17) is 4.74 Å². The highest BCUT2D eigenvalue weighted by Crippen LogP contribution is 2.16. The zero-order valence-corrected chi connectivity index (χ0v) is 15.9. The quantitative estimate of drug-likeness (QED) is 0.724. The van der Waals surface area contributed by atoms with Gasteiger partial charge >= 0.3 is 0 Å². The maximum atomic E-state index is 14.0. The standard InChI is InChI=1S/C21H27FN2O2/c1-16-9-11-19(12-10-16)26-17(2)21(25)24(14-13-23(3)4)15-18-7-5-6-8-20(18)22/h5-12,17H,13-15H2,1-4H3. The molecule has 0 spiro atoms. The molecule has 0 heterocycles. The SMILES string of the molecule is Cc1ccc(OC(C)C(=O)N(CCN(C)C)Cc2ccccc2F)cc1. The predicted molar refractivity (Wildman–Crippen MR) is 102 cm³/mol. The first kappa shape index (κ1) is 19.9. The Morgan fingerprint density at radius 3 is 2.35 bits per heavy atom. The van der Waals surface area contributed by atoms with Crippen LogP contribution in [0.3, 0.4) is 0 Å². The molecule has 0 radical (unpaired) electrons. The van der Waals surface area contributed by atoms with Gasteiger partial charge in [-0.15, -0.1) is 0 Å². The summed E-state index contributed by atoms with van der Waals surface area (Å²) in [5, 5.41) is 0. The molecule has 0 aromatic heterocycles. The third-order valence-electron chi connectivity index (χ3n) is 4.13. The molecule has 0 bridgehead atoms. The first-order valence-corrected chi connectivity index (χ1v) is 8.77. The van der Waals surface area contributed by atoms with Crippen molar-refractivity contribution in [3.05, 3.63) is 65.5 Å². The van der Waals surface area contributed by atoms with Crippen LogP contribution in [0.4, 0.5) is 4.39 Å². The van der Waals surface area contributed by atoms with Crippen molar-refractivity contribution in [1.82, 2.24) is 9.80 Å². The van der Waals surface area contributed by atoms with Crippen molar-refractivity contribution in [1.29, 1.82) is 0 Å². The van der Waals surface area contributed by atoms with Gasteiger partial charge in [-0.05, 0) is 46.1 Å². The van der Waals surface area contributed by atoms with Crippen LogP contribution in [-0.2, 0) is 11.3 Å². The molecule has 5 heteroatoms. The molecular weight excluding hydrogens is 331 g/mol. The molecule has 2 aromatic carbocycles. The van der Waals surface area contributed by atoms with Crippen molar-refractivity contribution in [3.63, 3.8) is 0 Å². The maximum absolute atomic E-state index is 14.0. The molecule has 0 aliphatic heterocycles. The third-order valence-corrected chi connectivity index (χ3v) is 4.13. The molecule has 4 nitrogen and oxygen atoms in total. The lowest BCUT2D eigenvalue weighted by Crippen LogP contribution is -2.43. The number of rotatable bonds is 8. The molecule has 0 fully saturated rings. The van der Waals surface area contributed by atoms with Crippen LogP contribution in [0.1, 0.15) is 18.1 Å². The number of carbonyl (C=O) groups excluding carboxylic acids is 1. The number of benzene rings is 2. The van der Waals surface area contributed by atoms with Gasteiger partial charge in [-0.3, -0.25) is 4.79 Å². The van der Waals surface area contributed by atoms with Gasteiger partial charge < -0.3 is 14.5 Å². The molecule has 1 atom stereocenters. The van der Waals surface area contributed by atoms with E-state index in [1.807, 2.05) is 50.2 Å². The summed E-state index contributed by atoms with van der Waals surface area (Å²) in [7, 11) is 3.88. The fourth-order valence-electron chi connectivity index (χ4n) is 2.55. The van der Waals surface area contributed by atoms with Crippen molar-refractivity contribution < 1.29 is 13.9 Å². The Balaban J connectivity index is 2.10. The Kier molecular flexibility index (Phi) is 7.16. The Morgan fingerprint density at radius 1 is 1.08 bits per heavy atom.